The first-order valence-electron chi connectivity index (χ1n) is 7.94. The lowest BCUT2D eigenvalue weighted by molar-refractivity contribution is 0.262. The van der Waals surface area contributed by atoms with Gasteiger partial charge in [-0.3, -0.25) is 4.72 Å². The smallest absolute Gasteiger partial charge is 0.308 e. The molecule has 0 aliphatic carbocycles. The van der Waals surface area contributed by atoms with Crippen molar-refractivity contribution in [1.29, 1.82) is 0 Å². The highest BCUT2D eigenvalue weighted by molar-refractivity contribution is 7.92. The van der Waals surface area contributed by atoms with Crippen LogP contribution in [-0.4, -0.2) is 14.4 Å². The van der Waals surface area contributed by atoms with Crippen molar-refractivity contribution in [3.8, 4) is 0 Å². The van der Waals surface area contributed by atoms with Crippen LogP contribution in [0.15, 0.2) is 83.8 Å². The Balaban J connectivity index is 1.65. The van der Waals surface area contributed by atoms with Gasteiger partial charge in [0.1, 0.15) is 0 Å². The molecular formula is C19H16ClN3O3S. The number of hydrogen-bond acceptors (Lipinski definition) is 3. The van der Waals surface area contributed by atoms with Gasteiger partial charge in [0.25, 0.3) is 10.0 Å². The van der Waals surface area contributed by atoms with E-state index in [1.165, 1.54) is 24.3 Å². The Kier molecular flexibility index (Phi) is 5.63. The molecule has 138 valence electrons. The molecule has 6 nitrogen and oxygen atoms in total. The van der Waals surface area contributed by atoms with Crippen molar-refractivity contribution in [3.05, 3.63) is 83.9 Å². The second-order valence-electron chi connectivity index (χ2n) is 5.59. The van der Waals surface area contributed by atoms with Gasteiger partial charge in [-0.25, -0.2) is 13.2 Å². The fourth-order valence-electron chi connectivity index (χ4n) is 2.30. The third-order valence-corrected chi connectivity index (χ3v) is 5.16. The minimum absolute atomic E-state index is 0.0900. The van der Waals surface area contributed by atoms with E-state index in [9.17, 15) is 13.2 Å². The number of sulfonamides is 1. The Morgan fingerprint density at radius 1 is 0.741 bits per heavy atom. The average molecular weight is 402 g/mol. The third kappa shape index (κ3) is 5.22. The van der Waals surface area contributed by atoms with E-state index >= 15 is 0 Å². The zero-order chi connectivity index (χ0) is 19.3. The minimum Gasteiger partial charge on any atom is -0.308 e. The summed E-state index contributed by atoms with van der Waals surface area (Å²) in [6.45, 7) is 0. The summed E-state index contributed by atoms with van der Waals surface area (Å²) < 4.78 is 27.3. The van der Waals surface area contributed by atoms with Crippen LogP contribution in [0.5, 0.6) is 0 Å². The van der Waals surface area contributed by atoms with Gasteiger partial charge in [-0.05, 0) is 54.6 Å². The van der Waals surface area contributed by atoms with Gasteiger partial charge in [-0.2, -0.15) is 0 Å². The molecule has 8 heteroatoms. The first kappa shape index (κ1) is 18.8. The van der Waals surface area contributed by atoms with Crippen LogP contribution in [0.4, 0.5) is 21.9 Å². The fraction of sp³-hybridized carbons (Fsp3) is 0. The largest absolute Gasteiger partial charge is 0.323 e. The molecule has 0 saturated heterocycles. The van der Waals surface area contributed by atoms with E-state index in [1.807, 2.05) is 0 Å². The SMILES string of the molecule is O=C(Nc1ccc(S(=O)(=O)Nc2ccccc2)cc1)Nc1cccc(Cl)c1. The van der Waals surface area contributed by atoms with Crippen LogP contribution in [0.3, 0.4) is 0 Å². The van der Waals surface area contributed by atoms with Crippen LogP contribution < -0.4 is 15.4 Å². The van der Waals surface area contributed by atoms with E-state index in [2.05, 4.69) is 15.4 Å². The maximum atomic E-state index is 12.4. The molecular weight excluding hydrogens is 386 g/mol. The van der Waals surface area contributed by atoms with Crippen LogP contribution in [0.25, 0.3) is 0 Å². The van der Waals surface area contributed by atoms with Gasteiger partial charge in [-0.1, -0.05) is 35.9 Å². The van der Waals surface area contributed by atoms with E-state index in [1.54, 1.807) is 54.6 Å². The summed E-state index contributed by atoms with van der Waals surface area (Å²) in [5.41, 5.74) is 1.47. The molecule has 3 N–H and O–H groups in total. The molecule has 0 atom stereocenters. The predicted octanol–water partition coefficient (Wildman–Crippen LogP) is 4.78. The number of nitrogens with one attached hydrogen (secondary N) is 3. The summed E-state index contributed by atoms with van der Waals surface area (Å²) >= 11 is 5.87. The molecule has 0 saturated carbocycles. The molecule has 0 unspecified atom stereocenters. The van der Waals surface area contributed by atoms with Crippen LogP contribution in [0.2, 0.25) is 5.02 Å². The van der Waals surface area contributed by atoms with Crippen LogP contribution in [0, 0.1) is 0 Å². The predicted molar refractivity (Wildman–Crippen MR) is 108 cm³/mol. The highest BCUT2D eigenvalue weighted by Crippen LogP contribution is 2.19. The second kappa shape index (κ2) is 8.11. The average Bonchev–Trinajstić information content (AvgIpc) is 2.62. The highest BCUT2D eigenvalue weighted by atomic mass is 35.5. The van der Waals surface area contributed by atoms with Gasteiger partial charge in [-0.15, -0.1) is 0 Å². The lowest BCUT2D eigenvalue weighted by atomic mass is 10.3. The summed E-state index contributed by atoms with van der Waals surface area (Å²) in [6, 6.07) is 20.7. The molecule has 0 aliphatic rings. The summed E-state index contributed by atoms with van der Waals surface area (Å²) in [5, 5.41) is 5.78. The number of hydrogen-bond donors (Lipinski definition) is 3. The second-order valence-corrected chi connectivity index (χ2v) is 7.70. The maximum absolute atomic E-state index is 12.4. The zero-order valence-corrected chi connectivity index (χ0v) is 15.6. The molecule has 0 heterocycles. The van der Waals surface area contributed by atoms with Crippen molar-refractivity contribution in [2.75, 3.05) is 15.4 Å². The standard InChI is InChI=1S/C19H16ClN3O3S/c20-14-5-4-8-17(13-14)22-19(24)21-15-9-11-18(12-10-15)27(25,26)23-16-6-2-1-3-7-16/h1-13,23H,(H2,21,22,24). The topological polar surface area (TPSA) is 87.3 Å². The van der Waals surface area contributed by atoms with E-state index in [-0.39, 0.29) is 4.90 Å². The minimum atomic E-state index is -3.70. The lowest BCUT2D eigenvalue weighted by Gasteiger charge is -2.10. The van der Waals surface area contributed by atoms with Gasteiger partial charge in [0.2, 0.25) is 0 Å². The molecule has 0 aromatic heterocycles. The number of para-hydroxylation sites is 1. The number of amides is 2. The van der Waals surface area contributed by atoms with Crippen molar-refractivity contribution < 1.29 is 13.2 Å². The molecule has 0 aliphatic heterocycles. The number of carbonyl (C=O) groups excluding carboxylic acids is 1. The van der Waals surface area contributed by atoms with Gasteiger partial charge in [0, 0.05) is 22.1 Å². The Hall–Kier alpha value is -3.03. The molecule has 27 heavy (non-hydrogen) atoms. The molecule has 3 rings (SSSR count). The van der Waals surface area contributed by atoms with Crippen LogP contribution in [0.1, 0.15) is 0 Å². The number of anilines is 3. The summed E-state index contributed by atoms with van der Waals surface area (Å²) in [6.07, 6.45) is 0. The normalized spacial score (nSPS) is 10.9. The van der Waals surface area contributed by atoms with Gasteiger partial charge < -0.3 is 10.6 Å². The van der Waals surface area contributed by atoms with Crippen LogP contribution in [-0.2, 0) is 10.0 Å². The monoisotopic (exact) mass is 401 g/mol. The number of urea groups is 1. The number of benzene rings is 3. The molecule has 0 bridgehead atoms. The summed E-state index contributed by atoms with van der Waals surface area (Å²) in [7, 11) is -3.70. The van der Waals surface area contributed by atoms with E-state index in [0.29, 0.717) is 22.1 Å². The van der Waals surface area contributed by atoms with Gasteiger partial charge >= 0.3 is 6.03 Å². The van der Waals surface area contributed by atoms with Gasteiger partial charge in [0.05, 0.1) is 4.90 Å². The number of carbonyl (C=O) groups is 1. The van der Waals surface area contributed by atoms with Gasteiger partial charge in [0.15, 0.2) is 0 Å². The molecule has 2 amide bonds. The Bertz CT molecular complexity index is 1040. The van der Waals surface area contributed by atoms with Crippen molar-refractivity contribution in [1.82, 2.24) is 0 Å². The number of rotatable bonds is 5. The molecule has 0 radical (unpaired) electrons. The first-order valence-corrected chi connectivity index (χ1v) is 9.80. The first-order chi connectivity index (χ1) is 12.9. The highest BCUT2D eigenvalue weighted by Gasteiger charge is 2.14. The summed E-state index contributed by atoms with van der Waals surface area (Å²) in [4.78, 5) is 12.1. The van der Waals surface area contributed by atoms with E-state index in [4.69, 9.17) is 11.6 Å². The molecule has 0 spiro atoms. The van der Waals surface area contributed by atoms with E-state index < -0.39 is 16.1 Å². The number of halogens is 1. The lowest BCUT2D eigenvalue weighted by Crippen LogP contribution is -2.19. The molecule has 0 fully saturated rings. The Morgan fingerprint density at radius 3 is 2.04 bits per heavy atom. The maximum Gasteiger partial charge on any atom is 0.323 e. The van der Waals surface area contributed by atoms with Crippen molar-refractivity contribution in [2.24, 2.45) is 0 Å². The van der Waals surface area contributed by atoms with Crippen LogP contribution >= 0.6 is 11.6 Å². The summed E-state index contributed by atoms with van der Waals surface area (Å²) in [5.74, 6) is 0. The Labute approximate surface area is 162 Å². The third-order valence-electron chi connectivity index (χ3n) is 3.53. The zero-order valence-electron chi connectivity index (χ0n) is 14.0. The van der Waals surface area contributed by atoms with E-state index in [0.717, 1.165) is 0 Å². The Morgan fingerprint density at radius 2 is 1.37 bits per heavy atom. The molecule has 3 aromatic rings. The quantitative estimate of drug-likeness (QED) is 0.574. The van der Waals surface area contributed by atoms with Crippen molar-refractivity contribution in [2.45, 2.75) is 4.90 Å². The fourth-order valence-corrected chi connectivity index (χ4v) is 3.55. The van der Waals surface area contributed by atoms with Crippen molar-refractivity contribution in [3.63, 3.8) is 0 Å². The molecule has 3 aromatic carbocycles. The van der Waals surface area contributed by atoms with Crippen molar-refractivity contribution >= 4 is 44.7 Å².